The number of allylic oxidation sites excluding steroid dienone is 1. The third-order valence-electron chi connectivity index (χ3n) is 1.97. The fourth-order valence-corrected chi connectivity index (χ4v) is 2.36. The maximum atomic E-state index is 4.43. The molecule has 1 nitrogen and oxygen atoms in total. The van der Waals surface area contributed by atoms with E-state index >= 15 is 0 Å². The molecule has 0 atom stereocenters. The molecule has 1 aromatic heterocycles. The smallest absolute Gasteiger partial charge is 0.0907 e. The number of aryl methyl sites for hydroxylation is 1. The Morgan fingerprint density at radius 2 is 2.14 bits per heavy atom. The van der Waals surface area contributed by atoms with E-state index in [4.69, 9.17) is 0 Å². The molecule has 1 heterocycles. The molecule has 0 amide bonds. The molecule has 0 bridgehead atoms. The maximum absolute atomic E-state index is 4.43. The van der Waals surface area contributed by atoms with E-state index in [1.807, 2.05) is 6.92 Å². The van der Waals surface area contributed by atoms with Crippen LogP contribution in [0.15, 0.2) is 23.8 Å². The van der Waals surface area contributed by atoms with Gasteiger partial charge in [0, 0.05) is 0 Å². The molecule has 0 unspecified atom stereocenters. The number of aromatic nitrogens is 1. The minimum Gasteiger partial charge on any atom is -0.242 e. The highest BCUT2D eigenvalue weighted by Gasteiger charge is 1.99. The van der Waals surface area contributed by atoms with Crippen LogP contribution < -0.4 is 0 Å². The van der Waals surface area contributed by atoms with E-state index in [1.54, 1.807) is 11.3 Å². The van der Waals surface area contributed by atoms with Crippen molar-refractivity contribution in [3.8, 4) is 0 Å². The van der Waals surface area contributed by atoms with E-state index in [1.165, 1.54) is 15.8 Å². The van der Waals surface area contributed by atoms with Gasteiger partial charge in [0.05, 0.1) is 15.2 Å². The molecule has 0 N–H and O–H groups in total. The first-order valence-electron chi connectivity index (χ1n) is 4.67. The molecule has 0 spiro atoms. The van der Waals surface area contributed by atoms with Crippen LogP contribution in [0.1, 0.15) is 24.4 Å². The molecule has 72 valence electrons. The van der Waals surface area contributed by atoms with E-state index in [9.17, 15) is 0 Å². The van der Waals surface area contributed by atoms with Crippen LogP contribution in [0.2, 0.25) is 0 Å². The number of fused-ring (bicyclic) bond motifs is 1. The van der Waals surface area contributed by atoms with Gasteiger partial charge in [-0.1, -0.05) is 17.7 Å². The molecule has 0 saturated heterocycles. The molecule has 1 aromatic carbocycles. The first kappa shape index (κ1) is 9.41. The van der Waals surface area contributed by atoms with Gasteiger partial charge in [0.1, 0.15) is 0 Å². The lowest BCUT2D eigenvalue weighted by Gasteiger charge is -1.94. The summed E-state index contributed by atoms with van der Waals surface area (Å²) in [4.78, 5) is 4.43. The molecular weight excluding hydrogens is 190 g/mol. The number of rotatable bonds is 1. The van der Waals surface area contributed by atoms with Gasteiger partial charge in [0.25, 0.3) is 0 Å². The van der Waals surface area contributed by atoms with Gasteiger partial charge in [-0.3, -0.25) is 0 Å². The topological polar surface area (TPSA) is 12.9 Å². The summed E-state index contributed by atoms with van der Waals surface area (Å²) < 4.78 is 1.28. The van der Waals surface area contributed by atoms with Gasteiger partial charge in [-0.25, -0.2) is 4.98 Å². The van der Waals surface area contributed by atoms with Crippen LogP contribution in [0, 0.1) is 6.92 Å². The van der Waals surface area contributed by atoms with Gasteiger partial charge in [0.15, 0.2) is 0 Å². The van der Waals surface area contributed by atoms with Gasteiger partial charge in [-0.15, -0.1) is 11.3 Å². The SMILES string of the molecule is CC(C)=Cc1ccc2nc(C)sc2c1. The standard InChI is InChI=1S/C12H13NS/c1-8(2)6-10-4-5-11-12(7-10)14-9(3)13-11/h4-7H,1-3H3. The normalized spacial score (nSPS) is 10.5. The van der Waals surface area contributed by atoms with Crippen LogP contribution in [0.3, 0.4) is 0 Å². The molecule has 0 aliphatic carbocycles. The number of hydrogen-bond acceptors (Lipinski definition) is 2. The maximum Gasteiger partial charge on any atom is 0.0907 e. The van der Waals surface area contributed by atoms with E-state index in [0.717, 1.165) is 10.5 Å². The summed E-state index contributed by atoms with van der Waals surface area (Å²) >= 11 is 1.75. The van der Waals surface area contributed by atoms with Crippen LogP contribution in [0.4, 0.5) is 0 Å². The van der Waals surface area contributed by atoms with Gasteiger partial charge in [-0.05, 0) is 38.5 Å². The Bertz CT molecular complexity index is 490. The Balaban J connectivity index is 2.56. The highest BCUT2D eigenvalue weighted by Crippen LogP contribution is 2.23. The van der Waals surface area contributed by atoms with E-state index < -0.39 is 0 Å². The number of nitrogens with zero attached hydrogens (tertiary/aromatic N) is 1. The Hall–Kier alpha value is -1.15. The molecule has 0 radical (unpaired) electrons. The summed E-state index contributed by atoms with van der Waals surface area (Å²) in [5.74, 6) is 0. The summed E-state index contributed by atoms with van der Waals surface area (Å²) in [5.41, 5.74) is 3.70. The zero-order valence-corrected chi connectivity index (χ0v) is 9.48. The second-order valence-electron chi connectivity index (χ2n) is 3.68. The third kappa shape index (κ3) is 1.85. The molecule has 2 aromatic rings. The number of hydrogen-bond donors (Lipinski definition) is 0. The fraction of sp³-hybridized carbons (Fsp3) is 0.250. The van der Waals surface area contributed by atoms with Crippen molar-refractivity contribution in [2.75, 3.05) is 0 Å². The highest BCUT2D eigenvalue weighted by atomic mass is 32.1. The predicted molar refractivity (Wildman–Crippen MR) is 63.7 cm³/mol. The van der Waals surface area contributed by atoms with Crippen LogP contribution in [-0.2, 0) is 0 Å². The second kappa shape index (κ2) is 3.54. The molecule has 0 aliphatic heterocycles. The lowest BCUT2D eigenvalue weighted by Crippen LogP contribution is -1.73. The van der Waals surface area contributed by atoms with Crippen LogP contribution in [0.5, 0.6) is 0 Å². The first-order valence-corrected chi connectivity index (χ1v) is 5.49. The van der Waals surface area contributed by atoms with Gasteiger partial charge in [0.2, 0.25) is 0 Å². The number of thiazole rings is 1. The Labute approximate surface area is 88.1 Å². The van der Waals surface area contributed by atoms with Crippen molar-refractivity contribution in [1.82, 2.24) is 4.98 Å². The predicted octanol–water partition coefficient (Wildman–Crippen LogP) is 4.03. The third-order valence-corrected chi connectivity index (χ3v) is 2.91. The Morgan fingerprint density at radius 3 is 2.86 bits per heavy atom. The highest BCUT2D eigenvalue weighted by molar-refractivity contribution is 7.18. The molecule has 2 rings (SSSR count). The van der Waals surface area contributed by atoms with Gasteiger partial charge in [-0.2, -0.15) is 0 Å². The van der Waals surface area contributed by atoms with Gasteiger partial charge < -0.3 is 0 Å². The van der Waals surface area contributed by atoms with Crippen molar-refractivity contribution in [3.63, 3.8) is 0 Å². The molecular formula is C12H13NS. The van der Waals surface area contributed by atoms with Crippen molar-refractivity contribution >= 4 is 27.6 Å². The molecule has 0 saturated carbocycles. The van der Waals surface area contributed by atoms with Crippen molar-refractivity contribution in [2.45, 2.75) is 20.8 Å². The Morgan fingerprint density at radius 1 is 1.36 bits per heavy atom. The summed E-state index contributed by atoms with van der Waals surface area (Å²) in [6.07, 6.45) is 2.19. The molecule has 0 fully saturated rings. The molecule has 0 aliphatic rings. The van der Waals surface area contributed by atoms with E-state index in [0.29, 0.717) is 0 Å². The number of benzene rings is 1. The van der Waals surface area contributed by atoms with Crippen molar-refractivity contribution in [3.05, 3.63) is 34.3 Å². The van der Waals surface area contributed by atoms with Crippen LogP contribution in [0.25, 0.3) is 16.3 Å². The monoisotopic (exact) mass is 203 g/mol. The minimum atomic E-state index is 1.11. The first-order chi connectivity index (χ1) is 6.65. The Kier molecular flexibility index (Phi) is 2.38. The summed E-state index contributed by atoms with van der Waals surface area (Å²) in [5, 5.41) is 1.13. The zero-order valence-electron chi connectivity index (χ0n) is 8.66. The van der Waals surface area contributed by atoms with Crippen molar-refractivity contribution < 1.29 is 0 Å². The minimum absolute atomic E-state index is 1.11. The van der Waals surface area contributed by atoms with Crippen LogP contribution in [-0.4, -0.2) is 4.98 Å². The van der Waals surface area contributed by atoms with Crippen LogP contribution >= 0.6 is 11.3 Å². The zero-order chi connectivity index (χ0) is 10.1. The second-order valence-corrected chi connectivity index (χ2v) is 4.92. The van der Waals surface area contributed by atoms with Crippen molar-refractivity contribution in [2.24, 2.45) is 0 Å². The summed E-state index contributed by atoms with van der Waals surface area (Å²) in [6, 6.07) is 6.41. The summed E-state index contributed by atoms with van der Waals surface area (Å²) in [6.45, 7) is 6.27. The lowest BCUT2D eigenvalue weighted by atomic mass is 10.1. The van der Waals surface area contributed by atoms with E-state index in [-0.39, 0.29) is 0 Å². The summed E-state index contributed by atoms with van der Waals surface area (Å²) in [7, 11) is 0. The molecule has 2 heteroatoms. The average Bonchev–Trinajstić information content (AvgIpc) is 2.42. The fourth-order valence-electron chi connectivity index (χ4n) is 1.48. The average molecular weight is 203 g/mol. The van der Waals surface area contributed by atoms with Crippen molar-refractivity contribution in [1.29, 1.82) is 0 Å². The quantitative estimate of drug-likeness (QED) is 0.682. The van der Waals surface area contributed by atoms with Gasteiger partial charge >= 0.3 is 0 Å². The molecule has 14 heavy (non-hydrogen) atoms. The largest absolute Gasteiger partial charge is 0.242 e. The lowest BCUT2D eigenvalue weighted by molar-refractivity contribution is 1.35. The van der Waals surface area contributed by atoms with E-state index in [2.05, 4.69) is 43.1 Å².